The largest absolute Gasteiger partial charge is 0.545 e. The van der Waals surface area contributed by atoms with E-state index in [-0.39, 0.29) is 5.74 Å². The van der Waals surface area contributed by atoms with Crippen LogP contribution < -0.4 is 14.5 Å². The Kier molecular flexibility index (Phi) is 8.29. The SMILES string of the molecule is C[Si](C)(C)Oc1c(-c2ccccc2)cc2ccccc2c1-c1c(OB(Br)c2ccccc2)c(-c2ccccc2)cc2ccccc12. The molecule has 0 saturated carbocycles. The van der Waals surface area contributed by atoms with E-state index in [0.29, 0.717) is 0 Å². The molecule has 0 atom stereocenters. The molecule has 0 aliphatic rings. The van der Waals surface area contributed by atoms with Gasteiger partial charge in [0, 0.05) is 22.3 Å². The molecule has 0 fully saturated rings. The summed E-state index contributed by atoms with van der Waals surface area (Å²) < 4.78 is 14.3. The average molecular weight is 678 g/mol. The standard InChI is InChI=1S/C41H34BBrO2Si/c1-46(2,3)45-41-37(30-19-9-5-10-20-30)28-32-22-14-16-26-35(32)39(41)38-34-25-15-13-21-31(34)27-36(29-17-7-4-8-18-29)40(38)44-42(43)33-23-11-6-12-24-33/h4-28H,1-3H3. The quantitative estimate of drug-likeness (QED) is 0.149. The molecule has 0 aromatic heterocycles. The molecule has 0 N–H and O–H groups in total. The molecule has 0 heterocycles. The van der Waals surface area contributed by atoms with Gasteiger partial charge in [-0.3, -0.25) is 0 Å². The lowest BCUT2D eigenvalue weighted by Crippen LogP contribution is -2.31. The van der Waals surface area contributed by atoms with E-state index in [2.05, 4.69) is 169 Å². The van der Waals surface area contributed by atoms with Crippen LogP contribution in [0.1, 0.15) is 0 Å². The van der Waals surface area contributed by atoms with E-state index in [1.165, 1.54) is 0 Å². The van der Waals surface area contributed by atoms with Crippen LogP contribution in [0.3, 0.4) is 0 Å². The van der Waals surface area contributed by atoms with E-state index >= 15 is 0 Å². The van der Waals surface area contributed by atoms with Gasteiger partial charge >= 0.3 is 5.74 Å². The molecule has 224 valence electrons. The van der Waals surface area contributed by atoms with Crippen molar-refractivity contribution in [2.75, 3.05) is 0 Å². The fraction of sp³-hybridized carbons (Fsp3) is 0.0732. The van der Waals surface area contributed by atoms with E-state index in [1.807, 2.05) is 18.2 Å². The van der Waals surface area contributed by atoms with Crippen LogP contribution in [-0.2, 0) is 0 Å². The normalized spacial score (nSPS) is 11.5. The Morgan fingerprint density at radius 3 is 1.41 bits per heavy atom. The van der Waals surface area contributed by atoms with E-state index in [4.69, 9.17) is 9.08 Å². The highest BCUT2D eigenvalue weighted by atomic mass is 79.9. The number of hydrogen-bond donors (Lipinski definition) is 0. The lowest BCUT2D eigenvalue weighted by atomic mass is 9.84. The van der Waals surface area contributed by atoms with Crippen LogP contribution in [-0.4, -0.2) is 14.1 Å². The van der Waals surface area contributed by atoms with Crippen molar-refractivity contribution < 1.29 is 9.08 Å². The molecular weight excluding hydrogens is 643 g/mol. The molecule has 0 aliphatic heterocycles. The summed E-state index contributed by atoms with van der Waals surface area (Å²) in [4.78, 5) is 0. The maximum absolute atomic E-state index is 7.19. The number of hydrogen-bond acceptors (Lipinski definition) is 2. The molecule has 7 rings (SSSR count). The van der Waals surface area contributed by atoms with Crippen LogP contribution in [0.2, 0.25) is 19.6 Å². The average Bonchev–Trinajstić information content (AvgIpc) is 3.08. The van der Waals surface area contributed by atoms with Gasteiger partial charge in [0.25, 0.3) is 0 Å². The van der Waals surface area contributed by atoms with Crippen molar-refractivity contribution >= 4 is 56.8 Å². The maximum Gasteiger partial charge on any atom is 0.470 e. The minimum atomic E-state index is -2.11. The molecule has 0 radical (unpaired) electrons. The first-order valence-corrected chi connectivity index (χ1v) is 20.0. The van der Waals surface area contributed by atoms with Crippen molar-refractivity contribution in [3.63, 3.8) is 0 Å². The lowest BCUT2D eigenvalue weighted by molar-refractivity contribution is 0.561. The third-order valence-corrected chi connectivity index (χ3v) is 9.65. The van der Waals surface area contributed by atoms with Crippen molar-refractivity contribution in [1.29, 1.82) is 0 Å². The predicted octanol–water partition coefficient (Wildman–Crippen LogP) is 11.4. The first kappa shape index (κ1) is 30.1. The van der Waals surface area contributed by atoms with E-state index < -0.39 is 8.32 Å². The van der Waals surface area contributed by atoms with Crippen molar-refractivity contribution in [1.82, 2.24) is 0 Å². The van der Waals surface area contributed by atoms with Crippen molar-refractivity contribution in [2.24, 2.45) is 0 Å². The Labute approximate surface area is 280 Å². The van der Waals surface area contributed by atoms with Crippen LogP contribution in [0.5, 0.6) is 11.5 Å². The highest BCUT2D eigenvalue weighted by Gasteiger charge is 2.30. The fourth-order valence-electron chi connectivity index (χ4n) is 6.13. The molecule has 2 nitrogen and oxygen atoms in total. The van der Waals surface area contributed by atoms with Gasteiger partial charge in [-0.25, -0.2) is 0 Å². The van der Waals surface area contributed by atoms with Crippen molar-refractivity contribution in [3.8, 4) is 44.9 Å². The minimum absolute atomic E-state index is 0.374. The molecule has 7 aromatic rings. The Hall–Kier alpha value is -4.58. The van der Waals surface area contributed by atoms with Gasteiger partial charge in [0.1, 0.15) is 11.5 Å². The minimum Gasteiger partial charge on any atom is -0.545 e. The summed E-state index contributed by atoms with van der Waals surface area (Å²) in [5.74, 6) is 1.71. The highest BCUT2D eigenvalue weighted by Crippen LogP contribution is 2.53. The lowest BCUT2D eigenvalue weighted by Gasteiger charge is -2.28. The molecule has 0 saturated heterocycles. The molecular formula is C41H34BBrO2Si. The molecule has 0 aliphatic carbocycles. The number of rotatable bonds is 8. The summed E-state index contributed by atoms with van der Waals surface area (Å²) in [5.41, 5.74) is 7.07. The molecule has 0 bridgehead atoms. The van der Waals surface area contributed by atoms with Crippen LogP contribution in [0.15, 0.2) is 152 Å². The zero-order valence-corrected chi connectivity index (χ0v) is 28.8. The van der Waals surface area contributed by atoms with Gasteiger partial charge in [0.2, 0.25) is 8.32 Å². The monoisotopic (exact) mass is 676 g/mol. The van der Waals surface area contributed by atoms with Crippen LogP contribution >= 0.6 is 15.8 Å². The summed E-state index contributed by atoms with van der Waals surface area (Å²) in [5, 5.41) is 4.53. The summed E-state index contributed by atoms with van der Waals surface area (Å²) in [7, 11) is -2.11. The number of halogens is 1. The van der Waals surface area contributed by atoms with Gasteiger partial charge in [-0.15, -0.1) is 0 Å². The summed E-state index contributed by atoms with van der Waals surface area (Å²) in [6, 6.07) is 53.2. The Bertz CT molecular complexity index is 2150. The molecule has 0 spiro atoms. The van der Waals surface area contributed by atoms with Gasteiger partial charge in [-0.2, -0.15) is 0 Å². The molecule has 0 amide bonds. The first-order valence-electron chi connectivity index (χ1n) is 15.6. The second-order valence-electron chi connectivity index (χ2n) is 12.5. The van der Waals surface area contributed by atoms with Crippen LogP contribution in [0.4, 0.5) is 0 Å². The van der Waals surface area contributed by atoms with Gasteiger partial charge in [0.15, 0.2) is 0 Å². The van der Waals surface area contributed by atoms with Crippen LogP contribution in [0, 0.1) is 0 Å². The Morgan fingerprint density at radius 2 is 0.913 bits per heavy atom. The van der Waals surface area contributed by atoms with Gasteiger partial charge < -0.3 is 9.08 Å². The maximum atomic E-state index is 7.19. The second kappa shape index (κ2) is 12.7. The topological polar surface area (TPSA) is 18.5 Å². The van der Waals surface area contributed by atoms with Crippen molar-refractivity contribution in [2.45, 2.75) is 19.6 Å². The smallest absolute Gasteiger partial charge is 0.470 e. The van der Waals surface area contributed by atoms with Crippen molar-refractivity contribution in [3.05, 3.63) is 152 Å². The molecule has 5 heteroatoms. The van der Waals surface area contributed by atoms with Gasteiger partial charge in [-0.1, -0.05) is 155 Å². The third-order valence-electron chi connectivity index (χ3n) is 8.11. The Balaban J connectivity index is 1.66. The van der Waals surface area contributed by atoms with E-state index in [9.17, 15) is 0 Å². The zero-order chi connectivity index (χ0) is 31.7. The van der Waals surface area contributed by atoms with Crippen LogP contribution in [0.25, 0.3) is 54.9 Å². The Morgan fingerprint density at radius 1 is 0.500 bits per heavy atom. The number of fused-ring (bicyclic) bond motifs is 2. The number of benzene rings is 7. The summed E-state index contributed by atoms with van der Waals surface area (Å²) >= 11 is 3.92. The summed E-state index contributed by atoms with van der Waals surface area (Å²) in [6.07, 6.45) is 0. The zero-order valence-electron chi connectivity index (χ0n) is 26.2. The fourth-order valence-corrected chi connectivity index (χ4v) is 7.44. The van der Waals surface area contributed by atoms with E-state index in [0.717, 1.165) is 71.9 Å². The predicted molar refractivity (Wildman–Crippen MR) is 203 cm³/mol. The van der Waals surface area contributed by atoms with E-state index in [1.54, 1.807) is 0 Å². The highest BCUT2D eigenvalue weighted by molar-refractivity contribution is 9.24. The molecule has 0 unspecified atom stereocenters. The van der Waals surface area contributed by atoms with Gasteiger partial charge in [-0.05, 0) is 69.9 Å². The first-order chi connectivity index (χ1) is 22.4. The van der Waals surface area contributed by atoms with Gasteiger partial charge in [0.05, 0.1) is 0 Å². The summed E-state index contributed by atoms with van der Waals surface area (Å²) in [6.45, 7) is 6.75. The second-order valence-corrected chi connectivity index (χ2v) is 17.8. The molecule has 7 aromatic carbocycles. The molecule has 46 heavy (non-hydrogen) atoms. The third kappa shape index (κ3) is 6.01.